The normalized spacial score (nSPS) is 10.9. The predicted molar refractivity (Wildman–Crippen MR) is 124 cm³/mol. The smallest absolute Gasteiger partial charge is 0.251 e. The number of halogens is 2. The van der Waals surface area contributed by atoms with E-state index >= 15 is 0 Å². The monoisotopic (exact) mass is 453 g/mol. The van der Waals surface area contributed by atoms with Crippen LogP contribution in [0, 0.1) is 0 Å². The minimum atomic E-state index is -0.188. The summed E-state index contributed by atoms with van der Waals surface area (Å²) < 4.78 is 7.93. The molecule has 1 heterocycles. The number of rotatable bonds is 8. The van der Waals surface area contributed by atoms with Crippen molar-refractivity contribution in [1.82, 2.24) is 14.9 Å². The standard InChI is InChI=1S/C24H21Cl2N3O2/c25-18-9-11-20(12-10-18)31-14-4-13-29-22-8-2-1-7-21(22)28-23(29)16-27-24(30)17-5-3-6-19(26)15-17/h1-3,5-12,15H,4,13-14,16H2,(H,27,30). The van der Waals surface area contributed by atoms with Gasteiger partial charge in [0.2, 0.25) is 0 Å². The van der Waals surface area contributed by atoms with Crippen molar-refractivity contribution in [2.75, 3.05) is 6.61 Å². The van der Waals surface area contributed by atoms with Crippen LogP contribution in [0.1, 0.15) is 22.6 Å². The third-order valence-electron chi connectivity index (χ3n) is 4.84. The SMILES string of the molecule is O=C(NCc1nc2ccccc2n1CCCOc1ccc(Cl)cc1)c1cccc(Cl)c1. The summed E-state index contributed by atoms with van der Waals surface area (Å²) in [6.45, 7) is 1.59. The molecule has 0 unspecified atom stereocenters. The first kappa shape index (κ1) is 21.2. The zero-order chi connectivity index (χ0) is 21.6. The second-order valence-corrected chi connectivity index (χ2v) is 7.89. The van der Waals surface area contributed by atoms with E-state index in [1.165, 1.54) is 0 Å². The number of fused-ring (bicyclic) bond motifs is 1. The fourth-order valence-electron chi connectivity index (χ4n) is 3.34. The third-order valence-corrected chi connectivity index (χ3v) is 5.32. The van der Waals surface area contributed by atoms with Crippen molar-refractivity contribution in [3.8, 4) is 5.75 Å². The number of carbonyl (C=O) groups is 1. The van der Waals surface area contributed by atoms with Crippen LogP contribution in [0.3, 0.4) is 0 Å². The lowest BCUT2D eigenvalue weighted by Crippen LogP contribution is -2.25. The van der Waals surface area contributed by atoms with Gasteiger partial charge in [-0.3, -0.25) is 4.79 Å². The molecule has 0 aliphatic heterocycles. The lowest BCUT2D eigenvalue weighted by Gasteiger charge is -2.11. The van der Waals surface area contributed by atoms with Gasteiger partial charge in [-0.05, 0) is 61.0 Å². The van der Waals surface area contributed by atoms with Crippen molar-refractivity contribution in [2.24, 2.45) is 0 Å². The van der Waals surface area contributed by atoms with Gasteiger partial charge in [-0.1, -0.05) is 41.4 Å². The van der Waals surface area contributed by atoms with Crippen LogP contribution in [0.15, 0.2) is 72.8 Å². The lowest BCUT2D eigenvalue weighted by atomic mass is 10.2. The summed E-state index contributed by atoms with van der Waals surface area (Å²) in [6, 6.07) is 22.1. The summed E-state index contributed by atoms with van der Waals surface area (Å²) in [5.41, 5.74) is 2.45. The van der Waals surface area contributed by atoms with Crippen molar-refractivity contribution in [1.29, 1.82) is 0 Å². The minimum absolute atomic E-state index is 0.188. The number of nitrogens with one attached hydrogen (secondary N) is 1. The number of hydrogen-bond acceptors (Lipinski definition) is 3. The van der Waals surface area contributed by atoms with Gasteiger partial charge < -0.3 is 14.6 Å². The molecule has 4 rings (SSSR count). The summed E-state index contributed by atoms with van der Waals surface area (Å²) in [5, 5.41) is 4.15. The molecular formula is C24H21Cl2N3O2. The Kier molecular flexibility index (Phi) is 6.75. The fraction of sp³-hybridized carbons (Fsp3) is 0.167. The maximum atomic E-state index is 12.5. The van der Waals surface area contributed by atoms with Crippen LogP contribution in [0.2, 0.25) is 10.0 Å². The van der Waals surface area contributed by atoms with E-state index in [-0.39, 0.29) is 5.91 Å². The highest BCUT2D eigenvalue weighted by atomic mass is 35.5. The van der Waals surface area contributed by atoms with Gasteiger partial charge in [0.25, 0.3) is 5.91 Å². The van der Waals surface area contributed by atoms with E-state index in [1.54, 1.807) is 36.4 Å². The van der Waals surface area contributed by atoms with Gasteiger partial charge >= 0.3 is 0 Å². The Bertz CT molecular complexity index is 1190. The number of carbonyl (C=O) groups excluding carboxylic acids is 1. The molecule has 0 spiro atoms. The summed E-state index contributed by atoms with van der Waals surface area (Å²) in [4.78, 5) is 17.2. The van der Waals surface area contributed by atoms with Crippen LogP contribution in [-0.4, -0.2) is 22.1 Å². The molecule has 1 N–H and O–H groups in total. The van der Waals surface area contributed by atoms with Crippen LogP contribution in [0.4, 0.5) is 0 Å². The second kappa shape index (κ2) is 9.86. The number of aryl methyl sites for hydroxylation is 1. The highest BCUT2D eigenvalue weighted by Gasteiger charge is 2.12. The average Bonchev–Trinajstić information content (AvgIpc) is 3.14. The van der Waals surface area contributed by atoms with E-state index < -0.39 is 0 Å². The Balaban J connectivity index is 1.42. The quantitative estimate of drug-likeness (QED) is 0.346. The number of benzene rings is 3. The topological polar surface area (TPSA) is 56.2 Å². The number of aromatic nitrogens is 2. The van der Waals surface area contributed by atoms with Crippen molar-refractivity contribution in [3.63, 3.8) is 0 Å². The van der Waals surface area contributed by atoms with Crippen LogP contribution < -0.4 is 10.1 Å². The Morgan fingerprint density at radius 2 is 1.77 bits per heavy atom. The minimum Gasteiger partial charge on any atom is -0.494 e. The third kappa shape index (κ3) is 5.37. The molecule has 0 aliphatic carbocycles. The van der Waals surface area contributed by atoms with E-state index in [1.807, 2.05) is 36.4 Å². The Hall–Kier alpha value is -3.02. The summed E-state index contributed by atoms with van der Waals surface area (Å²) in [5.74, 6) is 1.39. The van der Waals surface area contributed by atoms with Crippen LogP contribution in [0.25, 0.3) is 11.0 Å². The summed E-state index contributed by atoms with van der Waals surface area (Å²) >= 11 is 11.9. The number of imidazole rings is 1. The molecule has 1 amide bonds. The highest BCUT2D eigenvalue weighted by molar-refractivity contribution is 6.31. The number of hydrogen-bond donors (Lipinski definition) is 1. The summed E-state index contributed by atoms with van der Waals surface area (Å²) in [6.07, 6.45) is 0.790. The van der Waals surface area contributed by atoms with E-state index in [2.05, 4.69) is 9.88 Å². The molecule has 4 aromatic rings. The Labute approximate surface area is 190 Å². The number of amides is 1. The molecule has 0 atom stereocenters. The first-order valence-corrected chi connectivity index (χ1v) is 10.7. The van der Waals surface area contributed by atoms with E-state index in [4.69, 9.17) is 32.9 Å². The van der Waals surface area contributed by atoms with E-state index in [0.717, 1.165) is 35.6 Å². The van der Waals surface area contributed by atoms with E-state index in [0.29, 0.717) is 28.8 Å². The van der Waals surface area contributed by atoms with Crippen molar-refractivity contribution in [3.05, 3.63) is 94.2 Å². The van der Waals surface area contributed by atoms with Gasteiger partial charge in [0.15, 0.2) is 0 Å². The molecule has 31 heavy (non-hydrogen) atoms. The highest BCUT2D eigenvalue weighted by Crippen LogP contribution is 2.18. The number of nitrogens with zero attached hydrogens (tertiary/aromatic N) is 2. The van der Waals surface area contributed by atoms with Gasteiger partial charge in [0.05, 0.1) is 24.2 Å². The molecule has 0 aliphatic rings. The lowest BCUT2D eigenvalue weighted by molar-refractivity contribution is 0.0949. The van der Waals surface area contributed by atoms with Gasteiger partial charge in [-0.15, -0.1) is 0 Å². The van der Waals surface area contributed by atoms with Gasteiger partial charge in [-0.25, -0.2) is 4.98 Å². The van der Waals surface area contributed by atoms with Crippen LogP contribution in [-0.2, 0) is 13.1 Å². The average molecular weight is 454 g/mol. The predicted octanol–water partition coefficient (Wildman–Crippen LogP) is 5.74. The van der Waals surface area contributed by atoms with Crippen molar-refractivity contribution in [2.45, 2.75) is 19.5 Å². The molecule has 0 saturated carbocycles. The van der Waals surface area contributed by atoms with Crippen molar-refractivity contribution < 1.29 is 9.53 Å². The molecule has 0 fully saturated rings. The molecule has 3 aromatic carbocycles. The van der Waals surface area contributed by atoms with Gasteiger partial charge in [0, 0.05) is 22.2 Å². The number of ether oxygens (including phenoxy) is 1. The van der Waals surface area contributed by atoms with Crippen LogP contribution in [0.5, 0.6) is 5.75 Å². The number of para-hydroxylation sites is 2. The zero-order valence-electron chi connectivity index (χ0n) is 16.7. The van der Waals surface area contributed by atoms with E-state index in [9.17, 15) is 4.79 Å². The molecule has 0 saturated heterocycles. The zero-order valence-corrected chi connectivity index (χ0v) is 18.2. The molecule has 7 heteroatoms. The second-order valence-electron chi connectivity index (χ2n) is 7.02. The van der Waals surface area contributed by atoms with Crippen LogP contribution >= 0.6 is 23.2 Å². The molecule has 1 aromatic heterocycles. The van der Waals surface area contributed by atoms with Gasteiger partial charge in [-0.2, -0.15) is 0 Å². The Morgan fingerprint density at radius 1 is 0.968 bits per heavy atom. The fourth-order valence-corrected chi connectivity index (χ4v) is 3.66. The molecule has 0 bridgehead atoms. The molecule has 158 valence electrons. The first-order valence-electron chi connectivity index (χ1n) is 9.96. The summed E-state index contributed by atoms with van der Waals surface area (Å²) in [7, 11) is 0. The molecule has 0 radical (unpaired) electrons. The van der Waals surface area contributed by atoms with Crippen molar-refractivity contribution >= 4 is 40.1 Å². The Morgan fingerprint density at radius 3 is 2.58 bits per heavy atom. The van der Waals surface area contributed by atoms with Gasteiger partial charge in [0.1, 0.15) is 11.6 Å². The maximum absolute atomic E-state index is 12.5. The first-order chi connectivity index (χ1) is 15.1. The molecular weight excluding hydrogens is 433 g/mol. The maximum Gasteiger partial charge on any atom is 0.251 e. The largest absolute Gasteiger partial charge is 0.494 e. The molecule has 5 nitrogen and oxygen atoms in total.